The number of H-pyrrole nitrogens is 1. The second-order valence-corrected chi connectivity index (χ2v) is 6.77. The minimum atomic E-state index is -0.204. The summed E-state index contributed by atoms with van der Waals surface area (Å²) < 4.78 is 17.0. The zero-order chi connectivity index (χ0) is 15.0. The standard InChI is InChI=1S/C16H14FIN2S/c1-10(8-11-2-4-12(17)5-3-11)20-15-7-6-13(18)9-14(15)19-16(20)21/h2-7,9-10H,8H2,1H3,(H,19,21). The number of hydrogen-bond donors (Lipinski definition) is 1. The molecule has 1 aromatic heterocycles. The summed E-state index contributed by atoms with van der Waals surface area (Å²) in [6.07, 6.45) is 0.813. The number of benzene rings is 2. The van der Waals surface area contributed by atoms with Crippen molar-refractivity contribution in [1.82, 2.24) is 9.55 Å². The highest BCUT2D eigenvalue weighted by Gasteiger charge is 2.12. The Kier molecular flexibility index (Phi) is 4.12. The molecule has 0 spiro atoms. The van der Waals surface area contributed by atoms with Crippen LogP contribution in [-0.4, -0.2) is 9.55 Å². The molecule has 1 heterocycles. The van der Waals surface area contributed by atoms with E-state index >= 15 is 0 Å². The Bertz CT molecular complexity index is 836. The number of hydrogen-bond acceptors (Lipinski definition) is 1. The van der Waals surface area contributed by atoms with Crippen LogP contribution in [0.25, 0.3) is 11.0 Å². The zero-order valence-corrected chi connectivity index (χ0v) is 14.4. The third-order valence-electron chi connectivity index (χ3n) is 3.56. The molecule has 3 rings (SSSR count). The SMILES string of the molecule is CC(Cc1ccc(F)cc1)n1c(=S)[nH]c2cc(I)ccc21. The highest BCUT2D eigenvalue weighted by molar-refractivity contribution is 14.1. The quantitative estimate of drug-likeness (QED) is 0.461. The number of nitrogens with zero attached hydrogens (tertiary/aromatic N) is 1. The first-order chi connectivity index (χ1) is 10.0. The summed E-state index contributed by atoms with van der Waals surface area (Å²) in [4.78, 5) is 3.26. The molecule has 0 saturated heterocycles. The zero-order valence-electron chi connectivity index (χ0n) is 11.4. The smallest absolute Gasteiger partial charge is 0.178 e. The van der Waals surface area contributed by atoms with Crippen molar-refractivity contribution in [3.05, 3.63) is 62.2 Å². The lowest BCUT2D eigenvalue weighted by Crippen LogP contribution is -2.08. The molecule has 2 nitrogen and oxygen atoms in total. The van der Waals surface area contributed by atoms with Gasteiger partial charge in [-0.05, 0) is 84.0 Å². The van der Waals surface area contributed by atoms with Gasteiger partial charge in [-0.1, -0.05) is 12.1 Å². The third kappa shape index (κ3) is 3.03. The number of imidazole rings is 1. The molecule has 5 heteroatoms. The van der Waals surface area contributed by atoms with Crippen LogP contribution in [0.4, 0.5) is 4.39 Å². The Balaban J connectivity index is 1.97. The van der Waals surface area contributed by atoms with E-state index in [9.17, 15) is 4.39 Å². The van der Waals surface area contributed by atoms with Crippen LogP contribution in [0.3, 0.4) is 0 Å². The van der Waals surface area contributed by atoms with Crippen LogP contribution in [0.15, 0.2) is 42.5 Å². The minimum absolute atomic E-state index is 0.204. The van der Waals surface area contributed by atoms with Crippen LogP contribution >= 0.6 is 34.8 Å². The van der Waals surface area contributed by atoms with Gasteiger partial charge in [0.2, 0.25) is 0 Å². The van der Waals surface area contributed by atoms with Gasteiger partial charge in [0.1, 0.15) is 5.82 Å². The molecular formula is C16H14FIN2S. The number of halogens is 2. The van der Waals surface area contributed by atoms with E-state index in [-0.39, 0.29) is 11.9 Å². The van der Waals surface area contributed by atoms with Gasteiger partial charge in [-0.25, -0.2) is 4.39 Å². The first-order valence-electron chi connectivity index (χ1n) is 6.69. The van der Waals surface area contributed by atoms with Crippen molar-refractivity contribution in [1.29, 1.82) is 0 Å². The van der Waals surface area contributed by atoms with E-state index in [4.69, 9.17) is 12.2 Å². The van der Waals surface area contributed by atoms with E-state index in [1.165, 1.54) is 15.7 Å². The monoisotopic (exact) mass is 412 g/mol. The fourth-order valence-corrected chi connectivity index (χ4v) is 3.47. The summed E-state index contributed by atoms with van der Waals surface area (Å²) in [7, 11) is 0. The minimum Gasteiger partial charge on any atom is -0.331 e. The molecule has 1 N–H and O–H groups in total. The fourth-order valence-electron chi connectivity index (χ4n) is 2.59. The van der Waals surface area contributed by atoms with E-state index in [0.717, 1.165) is 27.8 Å². The number of aromatic nitrogens is 2. The molecule has 1 atom stereocenters. The Hall–Kier alpha value is -1.21. The average Bonchev–Trinajstić information content (AvgIpc) is 2.76. The molecule has 0 amide bonds. The lowest BCUT2D eigenvalue weighted by Gasteiger charge is -2.15. The normalized spacial score (nSPS) is 12.7. The van der Waals surface area contributed by atoms with Gasteiger partial charge in [0, 0.05) is 9.61 Å². The fraction of sp³-hybridized carbons (Fsp3) is 0.188. The van der Waals surface area contributed by atoms with Crippen LogP contribution < -0.4 is 0 Å². The van der Waals surface area contributed by atoms with Gasteiger partial charge in [-0.3, -0.25) is 0 Å². The first kappa shape index (κ1) is 14.7. The summed E-state index contributed by atoms with van der Waals surface area (Å²) in [5, 5.41) is 0. The van der Waals surface area contributed by atoms with Crippen LogP contribution in [0.5, 0.6) is 0 Å². The van der Waals surface area contributed by atoms with Crippen molar-refractivity contribution < 1.29 is 4.39 Å². The molecule has 0 fully saturated rings. The molecule has 1 unspecified atom stereocenters. The maximum Gasteiger partial charge on any atom is 0.178 e. The topological polar surface area (TPSA) is 20.7 Å². The van der Waals surface area contributed by atoms with Gasteiger partial charge in [0.25, 0.3) is 0 Å². The lowest BCUT2D eigenvalue weighted by atomic mass is 10.1. The van der Waals surface area contributed by atoms with Crippen LogP contribution in [0, 0.1) is 14.2 Å². The molecule has 0 saturated carbocycles. The van der Waals surface area contributed by atoms with Crippen molar-refractivity contribution in [3.63, 3.8) is 0 Å². The molecular weight excluding hydrogens is 398 g/mol. The highest BCUT2D eigenvalue weighted by atomic mass is 127. The van der Waals surface area contributed by atoms with Crippen molar-refractivity contribution >= 4 is 45.8 Å². The van der Waals surface area contributed by atoms with E-state index in [1.807, 2.05) is 12.1 Å². The van der Waals surface area contributed by atoms with Crippen molar-refractivity contribution in [2.24, 2.45) is 0 Å². The van der Waals surface area contributed by atoms with Gasteiger partial charge < -0.3 is 9.55 Å². The molecule has 0 aliphatic rings. The molecule has 108 valence electrons. The molecule has 0 aliphatic heterocycles. The Morgan fingerprint density at radius 1 is 1.24 bits per heavy atom. The van der Waals surface area contributed by atoms with Crippen LogP contribution in [0.1, 0.15) is 18.5 Å². The Labute approximate surface area is 141 Å². The van der Waals surface area contributed by atoms with Gasteiger partial charge >= 0.3 is 0 Å². The van der Waals surface area contributed by atoms with E-state index in [0.29, 0.717) is 0 Å². The molecule has 0 radical (unpaired) electrons. The number of rotatable bonds is 3. The third-order valence-corrected chi connectivity index (χ3v) is 4.53. The first-order valence-corrected chi connectivity index (χ1v) is 8.17. The number of nitrogens with one attached hydrogen (secondary N) is 1. The number of aromatic amines is 1. The van der Waals surface area contributed by atoms with Crippen molar-refractivity contribution in [3.8, 4) is 0 Å². The lowest BCUT2D eigenvalue weighted by molar-refractivity contribution is 0.551. The van der Waals surface area contributed by atoms with Crippen molar-refractivity contribution in [2.45, 2.75) is 19.4 Å². The van der Waals surface area contributed by atoms with E-state index in [2.05, 4.69) is 57.3 Å². The largest absolute Gasteiger partial charge is 0.331 e. The number of fused-ring (bicyclic) bond motifs is 1. The summed E-state index contributed by atoms with van der Waals surface area (Å²) in [6, 6.07) is 13.1. The van der Waals surface area contributed by atoms with E-state index in [1.54, 1.807) is 0 Å². The summed E-state index contributed by atoms with van der Waals surface area (Å²) >= 11 is 7.74. The second kappa shape index (κ2) is 5.88. The van der Waals surface area contributed by atoms with Crippen LogP contribution in [0.2, 0.25) is 0 Å². The van der Waals surface area contributed by atoms with Gasteiger partial charge in [-0.2, -0.15) is 0 Å². The molecule has 21 heavy (non-hydrogen) atoms. The summed E-state index contributed by atoms with van der Waals surface area (Å²) in [5.74, 6) is -0.204. The predicted octanol–water partition coefficient (Wildman–Crippen LogP) is 5.25. The predicted molar refractivity (Wildman–Crippen MR) is 94.7 cm³/mol. The Morgan fingerprint density at radius 2 is 1.95 bits per heavy atom. The molecule has 0 aliphatic carbocycles. The van der Waals surface area contributed by atoms with Crippen molar-refractivity contribution in [2.75, 3.05) is 0 Å². The Morgan fingerprint density at radius 3 is 2.67 bits per heavy atom. The highest BCUT2D eigenvalue weighted by Crippen LogP contribution is 2.23. The molecule has 3 aromatic rings. The molecule has 2 aromatic carbocycles. The van der Waals surface area contributed by atoms with Gasteiger partial charge in [0.15, 0.2) is 4.77 Å². The summed E-state index contributed by atoms with van der Waals surface area (Å²) in [5.41, 5.74) is 3.26. The van der Waals surface area contributed by atoms with Crippen LogP contribution in [-0.2, 0) is 6.42 Å². The van der Waals surface area contributed by atoms with Gasteiger partial charge in [0.05, 0.1) is 11.0 Å². The average molecular weight is 412 g/mol. The maximum absolute atomic E-state index is 13.0. The van der Waals surface area contributed by atoms with Gasteiger partial charge in [-0.15, -0.1) is 0 Å². The summed E-state index contributed by atoms with van der Waals surface area (Å²) in [6.45, 7) is 2.13. The second-order valence-electron chi connectivity index (χ2n) is 5.14. The van der Waals surface area contributed by atoms with E-state index < -0.39 is 0 Å². The maximum atomic E-state index is 13.0. The molecule has 0 bridgehead atoms.